The second-order valence-electron chi connectivity index (χ2n) is 5.44. The SMILES string of the molecule is Cc1cccc(OCCC(=O)N2CCNCC2C)c1C. The smallest absolute Gasteiger partial charge is 0.226 e. The zero-order chi connectivity index (χ0) is 14.5. The van der Waals surface area contributed by atoms with Gasteiger partial charge in [-0.25, -0.2) is 0 Å². The summed E-state index contributed by atoms with van der Waals surface area (Å²) in [6, 6.07) is 6.28. The molecular weight excluding hydrogens is 252 g/mol. The number of benzene rings is 1. The number of nitrogens with one attached hydrogen (secondary N) is 1. The van der Waals surface area contributed by atoms with Crippen LogP contribution in [0.4, 0.5) is 0 Å². The molecule has 1 aliphatic heterocycles. The number of amides is 1. The van der Waals surface area contributed by atoms with Crippen molar-refractivity contribution in [3.8, 4) is 5.75 Å². The Balaban J connectivity index is 1.83. The molecule has 4 heteroatoms. The Hall–Kier alpha value is -1.55. The van der Waals surface area contributed by atoms with Gasteiger partial charge in [0.1, 0.15) is 5.75 Å². The molecule has 1 saturated heterocycles. The summed E-state index contributed by atoms with van der Waals surface area (Å²) < 4.78 is 5.75. The maximum atomic E-state index is 12.2. The first-order valence-corrected chi connectivity index (χ1v) is 7.29. The average molecular weight is 276 g/mol. The van der Waals surface area contributed by atoms with Crippen molar-refractivity contribution >= 4 is 5.91 Å². The van der Waals surface area contributed by atoms with E-state index in [0.29, 0.717) is 13.0 Å². The number of hydrogen-bond acceptors (Lipinski definition) is 3. The largest absolute Gasteiger partial charge is 0.493 e. The Kier molecular flexibility index (Phi) is 5.01. The maximum absolute atomic E-state index is 12.2. The van der Waals surface area contributed by atoms with Gasteiger partial charge in [0.05, 0.1) is 13.0 Å². The van der Waals surface area contributed by atoms with Crippen molar-refractivity contribution in [2.75, 3.05) is 26.2 Å². The maximum Gasteiger partial charge on any atom is 0.226 e. The highest BCUT2D eigenvalue weighted by molar-refractivity contribution is 5.76. The molecule has 1 aromatic carbocycles. The standard InChI is InChI=1S/C16H24N2O2/c1-12-5-4-6-15(14(12)3)20-10-7-16(19)18-9-8-17-11-13(18)2/h4-6,13,17H,7-11H2,1-3H3. The molecule has 0 saturated carbocycles. The van der Waals surface area contributed by atoms with Crippen molar-refractivity contribution in [2.24, 2.45) is 0 Å². The summed E-state index contributed by atoms with van der Waals surface area (Å²) in [7, 11) is 0. The minimum Gasteiger partial charge on any atom is -0.493 e. The number of piperazine rings is 1. The number of ether oxygens (including phenoxy) is 1. The van der Waals surface area contributed by atoms with E-state index in [2.05, 4.69) is 25.2 Å². The molecule has 1 unspecified atom stereocenters. The van der Waals surface area contributed by atoms with Gasteiger partial charge in [0, 0.05) is 25.7 Å². The molecule has 1 aromatic rings. The van der Waals surface area contributed by atoms with E-state index in [1.54, 1.807) is 0 Å². The molecule has 20 heavy (non-hydrogen) atoms. The minimum absolute atomic E-state index is 0.185. The van der Waals surface area contributed by atoms with Crippen LogP contribution in [0.3, 0.4) is 0 Å². The fourth-order valence-electron chi connectivity index (χ4n) is 2.48. The number of carbonyl (C=O) groups is 1. The molecule has 110 valence electrons. The van der Waals surface area contributed by atoms with Crippen LogP contribution in [0.1, 0.15) is 24.5 Å². The Bertz CT molecular complexity index is 474. The van der Waals surface area contributed by atoms with E-state index in [1.807, 2.05) is 24.0 Å². The highest BCUT2D eigenvalue weighted by Gasteiger charge is 2.22. The van der Waals surface area contributed by atoms with E-state index in [-0.39, 0.29) is 11.9 Å². The minimum atomic E-state index is 0.185. The summed E-state index contributed by atoms with van der Waals surface area (Å²) in [5, 5.41) is 3.29. The second kappa shape index (κ2) is 6.75. The normalized spacial score (nSPS) is 18.9. The Morgan fingerprint density at radius 2 is 2.25 bits per heavy atom. The van der Waals surface area contributed by atoms with Gasteiger partial charge < -0.3 is 15.0 Å². The van der Waals surface area contributed by atoms with Crippen LogP contribution in [0.25, 0.3) is 0 Å². The van der Waals surface area contributed by atoms with Gasteiger partial charge in [-0.15, -0.1) is 0 Å². The van der Waals surface area contributed by atoms with Crippen molar-refractivity contribution < 1.29 is 9.53 Å². The highest BCUT2D eigenvalue weighted by atomic mass is 16.5. The molecule has 0 spiro atoms. The summed E-state index contributed by atoms with van der Waals surface area (Å²) in [6.07, 6.45) is 0.442. The van der Waals surface area contributed by atoms with Crippen molar-refractivity contribution in [1.82, 2.24) is 10.2 Å². The molecule has 0 bridgehead atoms. The van der Waals surface area contributed by atoms with Crippen LogP contribution in [-0.2, 0) is 4.79 Å². The lowest BCUT2D eigenvalue weighted by atomic mass is 10.1. The van der Waals surface area contributed by atoms with E-state index in [4.69, 9.17) is 4.74 Å². The molecule has 2 rings (SSSR count). The number of rotatable bonds is 4. The lowest BCUT2D eigenvalue weighted by molar-refractivity contribution is -0.134. The zero-order valence-corrected chi connectivity index (χ0v) is 12.6. The lowest BCUT2D eigenvalue weighted by Crippen LogP contribution is -2.52. The first-order valence-electron chi connectivity index (χ1n) is 7.29. The van der Waals surface area contributed by atoms with E-state index < -0.39 is 0 Å². The van der Waals surface area contributed by atoms with E-state index in [1.165, 1.54) is 5.56 Å². The van der Waals surface area contributed by atoms with Crippen LogP contribution in [0.15, 0.2) is 18.2 Å². The number of hydrogen-bond donors (Lipinski definition) is 1. The Morgan fingerprint density at radius 1 is 1.45 bits per heavy atom. The van der Waals surface area contributed by atoms with Crippen molar-refractivity contribution in [1.29, 1.82) is 0 Å². The first kappa shape index (κ1) is 14.9. The van der Waals surface area contributed by atoms with E-state index in [9.17, 15) is 4.79 Å². The number of nitrogens with zero attached hydrogens (tertiary/aromatic N) is 1. The summed E-state index contributed by atoms with van der Waals surface area (Å²) in [4.78, 5) is 14.1. The summed E-state index contributed by atoms with van der Waals surface area (Å²) in [5.41, 5.74) is 2.36. The summed E-state index contributed by atoms with van der Waals surface area (Å²) in [6.45, 7) is 9.19. The van der Waals surface area contributed by atoms with Crippen LogP contribution in [0, 0.1) is 13.8 Å². The topological polar surface area (TPSA) is 41.6 Å². The molecule has 1 aliphatic rings. The van der Waals surface area contributed by atoms with Gasteiger partial charge in [0.2, 0.25) is 5.91 Å². The van der Waals surface area contributed by atoms with Crippen LogP contribution >= 0.6 is 0 Å². The van der Waals surface area contributed by atoms with Gasteiger partial charge in [-0.2, -0.15) is 0 Å². The van der Waals surface area contributed by atoms with Gasteiger partial charge in [-0.3, -0.25) is 4.79 Å². The third-order valence-corrected chi connectivity index (χ3v) is 3.95. The van der Waals surface area contributed by atoms with E-state index >= 15 is 0 Å². The zero-order valence-electron chi connectivity index (χ0n) is 12.6. The summed E-state index contributed by atoms with van der Waals surface area (Å²) >= 11 is 0. The van der Waals surface area contributed by atoms with Gasteiger partial charge >= 0.3 is 0 Å². The van der Waals surface area contributed by atoms with Crippen molar-refractivity contribution in [3.63, 3.8) is 0 Å². The molecule has 1 heterocycles. The van der Waals surface area contributed by atoms with Gasteiger partial charge in [-0.1, -0.05) is 12.1 Å². The van der Waals surface area contributed by atoms with Crippen LogP contribution < -0.4 is 10.1 Å². The molecule has 0 radical (unpaired) electrons. The fraction of sp³-hybridized carbons (Fsp3) is 0.562. The Labute approximate surface area is 121 Å². The number of carbonyl (C=O) groups excluding carboxylic acids is 1. The van der Waals surface area contributed by atoms with Crippen LogP contribution in [0.5, 0.6) is 5.75 Å². The van der Waals surface area contributed by atoms with Crippen LogP contribution in [-0.4, -0.2) is 43.1 Å². The highest BCUT2D eigenvalue weighted by Crippen LogP contribution is 2.20. The molecule has 1 amide bonds. The molecule has 1 N–H and O–H groups in total. The molecular formula is C16H24N2O2. The molecule has 0 aliphatic carbocycles. The Morgan fingerprint density at radius 3 is 3.00 bits per heavy atom. The van der Waals surface area contributed by atoms with Gasteiger partial charge in [0.15, 0.2) is 0 Å². The van der Waals surface area contributed by atoms with Crippen molar-refractivity contribution in [3.05, 3.63) is 29.3 Å². The number of aryl methyl sites for hydroxylation is 1. The molecule has 0 aromatic heterocycles. The monoisotopic (exact) mass is 276 g/mol. The summed E-state index contributed by atoms with van der Waals surface area (Å²) in [5.74, 6) is 1.07. The van der Waals surface area contributed by atoms with Gasteiger partial charge in [0.25, 0.3) is 0 Å². The first-order chi connectivity index (χ1) is 9.59. The third-order valence-electron chi connectivity index (χ3n) is 3.95. The lowest BCUT2D eigenvalue weighted by Gasteiger charge is -2.34. The van der Waals surface area contributed by atoms with Gasteiger partial charge in [-0.05, 0) is 38.0 Å². The van der Waals surface area contributed by atoms with Crippen molar-refractivity contribution in [2.45, 2.75) is 33.2 Å². The quantitative estimate of drug-likeness (QED) is 0.913. The average Bonchev–Trinajstić information content (AvgIpc) is 2.44. The fourth-order valence-corrected chi connectivity index (χ4v) is 2.48. The molecule has 4 nitrogen and oxygen atoms in total. The van der Waals surface area contributed by atoms with E-state index in [0.717, 1.165) is 30.9 Å². The molecule has 1 atom stereocenters. The predicted molar refractivity (Wildman–Crippen MR) is 80.1 cm³/mol. The molecule has 1 fully saturated rings. The third kappa shape index (κ3) is 3.51. The predicted octanol–water partition coefficient (Wildman–Crippen LogP) is 1.89. The second-order valence-corrected chi connectivity index (χ2v) is 5.44. The van der Waals surface area contributed by atoms with Crippen LogP contribution in [0.2, 0.25) is 0 Å².